The van der Waals surface area contributed by atoms with E-state index in [1.54, 1.807) is 6.07 Å². The Hall–Kier alpha value is -1.62. The van der Waals surface area contributed by atoms with Crippen LogP contribution in [0.25, 0.3) is 0 Å². The summed E-state index contributed by atoms with van der Waals surface area (Å²) in [4.78, 5) is 16.5. The van der Waals surface area contributed by atoms with E-state index >= 15 is 0 Å². The van der Waals surface area contributed by atoms with Gasteiger partial charge < -0.3 is 15.8 Å². The summed E-state index contributed by atoms with van der Waals surface area (Å²) < 4.78 is 5.44. The number of ether oxygens (including phenoxy) is 1. The monoisotopic (exact) mass is 277 g/mol. The van der Waals surface area contributed by atoms with Gasteiger partial charge in [0.1, 0.15) is 11.4 Å². The molecule has 1 saturated heterocycles. The third-order valence-corrected chi connectivity index (χ3v) is 3.32. The molecule has 2 rings (SSSR count). The van der Waals surface area contributed by atoms with Gasteiger partial charge in [0.2, 0.25) is 0 Å². The highest BCUT2D eigenvalue weighted by Crippen LogP contribution is 2.29. The Morgan fingerprint density at radius 2 is 2.00 bits per heavy atom. The van der Waals surface area contributed by atoms with Crippen LogP contribution in [0.4, 0.5) is 5.82 Å². The summed E-state index contributed by atoms with van der Waals surface area (Å²) >= 11 is 0. The number of nitrogens with zero attached hydrogens (tertiary/aromatic N) is 1. The minimum Gasteiger partial charge on any atom is -0.455 e. The normalized spacial score (nSPS) is 16.9. The van der Waals surface area contributed by atoms with Gasteiger partial charge in [0, 0.05) is 0 Å². The highest BCUT2D eigenvalue weighted by atomic mass is 16.6. The summed E-state index contributed by atoms with van der Waals surface area (Å²) in [5.74, 6) is 0.300. The fourth-order valence-corrected chi connectivity index (χ4v) is 2.44. The molecule has 1 aromatic heterocycles. The second-order valence-corrected chi connectivity index (χ2v) is 6.20. The third kappa shape index (κ3) is 3.70. The van der Waals surface area contributed by atoms with E-state index < -0.39 is 11.6 Å². The van der Waals surface area contributed by atoms with Crippen molar-refractivity contribution in [2.75, 3.05) is 18.8 Å². The van der Waals surface area contributed by atoms with Gasteiger partial charge in [-0.2, -0.15) is 0 Å². The van der Waals surface area contributed by atoms with Crippen molar-refractivity contribution in [3.05, 3.63) is 23.4 Å². The van der Waals surface area contributed by atoms with Gasteiger partial charge in [-0.15, -0.1) is 0 Å². The number of hydrogen-bond acceptors (Lipinski definition) is 5. The van der Waals surface area contributed by atoms with Gasteiger partial charge in [-0.05, 0) is 64.3 Å². The van der Waals surface area contributed by atoms with E-state index in [4.69, 9.17) is 10.5 Å². The van der Waals surface area contributed by atoms with Gasteiger partial charge in [-0.25, -0.2) is 9.78 Å². The van der Waals surface area contributed by atoms with Gasteiger partial charge >= 0.3 is 5.97 Å². The average molecular weight is 277 g/mol. The predicted molar refractivity (Wildman–Crippen MR) is 78.7 cm³/mol. The lowest BCUT2D eigenvalue weighted by Crippen LogP contribution is -2.29. The number of carbonyl (C=O) groups is 1. The first-order valence-corrected chi connectivity index (χ1v) is 7.07. The van der Waals surface area contributed by atoms with Crippen LogP contribution in [0, 0.1) is 0 Å². The van der Waals surface area contributed by atoms with E-state index in [2.05, 4.69) is 10.3 Å². The molecule has 0 aliphatic carbocycles. The van der Waals surface area contributed by atoms with Crippen LogP contribution in [0.5, 0.6) is 0 Å². The molecule has 5 nitrogen and oxygen atoms in total. The minimum atomic E-state index is -0.533. The molecule has 0 amide bonds. The summed E-state index contributed by atoms with van der Waals surface area (Å²) in [7, 11) is 0. The molecule has 110 valence electrons. The van der Waals surface area contributed by atoms with Gasteiger partial charge in [0.25, 0.3) is 0 Å². The van der Waals surface area contributed by atoms with Crippen molar-refractivity contribution in [2.24, 2.45) is 0 Å². The van der Waals surface area contributed by atoms with Gasteiger partial charge in [-0.3, -0.25) is 0 Å². The Kier molecular flexibility index (Phi) is 4.28. The van der Waals surface area contributed by atoms with Crippen molar-refractivity contribution in [3.63, 3.8) is 0 Å². The van der Waals surface area contributed by atoms with Crippen molar-refractivity contribution < 1.29 is 9.53 Å². The topological polar surface area (TPSA) is 77.2 Å². The quantitative estimate of drug-likeness (QED) is 0.809. The number of piperidine rings is 1. The first-order valence-electron chi connectivity index (χ1n) is 7.07. The molecule has 0 saturated carbocycles. The standard InChI is InChI=1S/C15H23N3O2/c1-15(2,3)20-14(19)13-11(4-5-12(16)18-13)10-6-8-17-9-7-10/h4-5,10,17H,6-9H2,1-3H3,(H2,16,18). The lowest BCUT2D eigenvalue weighted by Gasteiger charge is -2.25. The number of pyridine rings is 1. The third-order valence-electron chi connectivity index (χ3n) is 3.32. The van der Waals surface area contributed by atoms with Gasteiger partial charge in [0.15, 0.2) is 5.69 Å². The molecule has 1 fully saturated rings. The van der Waals surface area contributed by atoms with Crippen LogP contribution in [-0.2, 0) is 4.74 Å². The molecule has 5 heteroatoms. The van der Waals surface area contributed by atoms with Crippen molar-refractivity contribution in [1.29, 1.82) is 0 Å². The first kappa shape index (κ1) is 14.8. The SMILES string of the molecule is CC(C)(C)OC(=O)c1nc(N)ccc1C1CCNCC1. The molecule has 1 aromatic rings. The highest BCUT2D eigenvalue weighted by molar-refractivity contribution is 5.90. The Labute approximate surface area is 119 Å². The maximum absolute atomic E-state index is 12.3. The Bertz CT molecular complexity index is 488. The number of nitrogens with one attached hydrogen (secondary N) is 1. The number of nitrogen functional groups attached to an aromatic ring is 1. The number of carbonyl (C=O) groups excluding carboxylic acids is 1. The molecule has 0 atom stereocenters. The van der Waals surface area contributed by atoms with E-state index in [1.165, 1.54) is 0 Å². The smallest absolute Gasteiger partial charge is 0.357 e. The molecule has 1 aliphatic rings. The van der Waals surface area contributed by atoms with Gasteiger partial charge in [-0.1, -0.05) is 6.07 Å². The summed E-state index contributed by atoms with van der Waals surface area (Å²) in [6.45, 7) is 7.47. The summed E-state index contributed by atoms with van der Waals surface area (Å²) in [6.07, 6.45) is 2.00. The molecular formula is C15H23N3O2. The Morgan fingerprint density at radius 3 is 2.60 bits per heavy atom. The molecule has 1 aliphatic heterocycles. The fraction of sp³-hybridized carbons (Fsp3) is 0.600. The Balaban J connectivity index is 2.30. The lowest BCUT2D eigenvalue weighted by atomic mass is 9.89. The largest absolute Gasteiger partial charge is 0.455 e. The van der Waals surface area contributed by atoms with Crippen molar-refractivity contribution in [3.8, 4) is 0 Å². The maximum Gasteiger partial charge on any atom is 0.357 e. The number of anilines is 1. The van der Waals surface area contributed by atoms with Gasteiger partial charge in [0.05, 0.1) is 0 Å². The number of aromatic nitrogens is 1. The number of rotatable bonds is 2. The van der Waals surface area contributed by atoms with Crippen LogP contribution >= 0.6 is 0 Å². The minimum absolute atomic E-state index is 0.340. The highest BCUT2D eigenvalue weighted by Gasteiger charge is 2.26. The summed E-state index contributed by atoms with van der Waals surface area (Å²) in [6, 6.07) is 3.67. The van der Waals surface area contributed by atoms with Crippen LogP contribution in [0.2, 0.25) is 0 Å². The fourth-order valence-electron chi connectivity index (χ4n) is 2.44. The molecule has 20 heavy (non-hydrogen) atoms. The predicted octanol–water partition coefficient (Wildman–Crippen LogP) is 2.09. The zero-order valence-electron chi connectivity index (χ0n) is 12.4. The van der Waals surface area contributed by atoms with Crippen molar-refractivity contribution in [2.45, 2.75) is 45.1 Å². The van der Waals surface area contributed by atoms with E-state index in [1.807, 2.05) is 26.8 Å². The maximum atomic E-state index is 12.3. The van der Waals surface area contributed by atoms with Crippen LogP contribution in [0.3, 0.4) is 0 Å². The molecular weight excluding hydrogens is 254 g/mol. The van der Waals surface area contributed by atoms with Crippen LogP contribution in [0.1, 0.15) is 55.6 Å². The molecule has 0 aromatic carbocycles. The van der Waals surface area contributed by atoms with Crippen LogP contribution in [0.15, 0.2) is 12.1 Å². The summed E-state index contributed by atoms with van der Waals surface area (Å²) in [5.41, 5.74) is 6.52. The van der Waals surface area contributed by atoms with Crippen LogP contribution < -0.4 is 11.1 Å². The van der Waals surface area contributed by atoms with E-state index in [0.717, 1.165) is 31.5 Å². The number of hydrogen-bond donors (Lipinski definition) is 2. The second kappa shape index (κ2) is 5.79. The summed E-state index contributed by atoms with van der Waals surface area (Å²) in [5, 5.41) is 3.32. The molecule has 0 radical (unpaired) electrons. The zero-order chi connectivity index (χ0) is 14.8. The van der Waals surface area contributed by atoms with Crippen molar-refractivity contribution >= 4 is 11.8 Å². The van der Waals surface area contributed by atoms with E-state index in [0.29, 0.717) is 17.4 Å². The van der Waals surface area contributed by atoms with Crippen molar-refractivity contribution in [1.82, 2.24) is 10.3 Å². The first-order chi connectivity index (χ1) is 9.37. The van der Waals surface area contributed by atoms with E-state index in [9.17, 15) is 4.79 Å². The zero-order valence-corrected chi connectivity index (χ0v) is 12.4. The number of esters is 1. The average Bonchev–Trinajstić information content (AvgIpc) is 2.37. The molecule has 2 heterocycles. The van der Waals surface area contributed by atoms with E-state index in [-0.39, 0.29) is 0 Å². The molecule has 0 spiro atoms. The van der Waals surface area contributed by atoms with Crippen LogP contribution in [-0.4, -0.2) is 29.6 Å². The Morgan fingerprint density at radius 1 is 1.35 bits per heavy atom. The molecule has 0 bridgehead atoms. The molecule has 0 unspecified atom stereocenters. The number of nitrogens with two attached hydrogens (primary N) is 1. The molecule has 3 N–H and O–H groups in total. The lowest BCUT2D eigenvalue weighted by molar-refractivity contribution is 0.00609. The second-order valence-electron chi connectivity index (χ2n) is 6.20.